The number of hydrogen-bond acceptors (Lipinski definition) is 3. The van der Waals surface area contributed by atoms with Crippen molar-refractivity contribution in [3.8, 4) is 0 Å². The van der Waals surface area contributed by atoms with Gasteiger partial charge in [0.2, 0.25) is 0 Å². The molecule has 0 radical (unpaired) electrons. The lowest BCUT2D eigenvalue weighted by Crippen LogP contribution is -2.00. The fraction of sp³-hybridized carbons (Fsp3) is 0.364. The van der Waals surface area contributed by atoms with E-state index in [1.165, 1.54) is 0 Å². The van der Waals surface area contributed by atoms with E-state index in [1.807, 2.05) is 19.1 Å². The Morgan fingerprint density at radius 3 is 3.00 bits per heavy atom. The first-order valence-corrected chi connectivity index (χ1v) is 5.34. The summed E-state index contributed by atoms with van der Waals surface area (Å²) in [7, 11) is 0. The van der Waals surface area contributed by atoms with Crippen molar-refractivity contribution < 1.29 is 4.42 Å². The van der Waals surface area contributed by atoms with Crippen LogP contribution in [0.2, 0.25) is 5.02 Å². The zero-order valence-electron chi connectivity index (χ0n) is 8.59. The lowest BCUT2D eigenvalue weighted by Gasteiger charge is -1.93. The van der Waals surface area contributed by atoms with Crippen molar-refractivity contribution in [2.75, 3.05) is 6.54 Å². The second kappa shape index (κ2) is 4.21. The van der Waals surface area contributed by atoms with Crippen LogP contribution in [0.15, 0.2) is 16.5 Å². The van der Waals surface area contributed by atoms with Crippen LogP contribution < -0.4 is 5.73 Å². The van der Waals surface area contributed by atoms with Crippen molar-refractivity contribution in [3.63, 3.8) is 0 Å². The fourth-order valence-corrected chi connectivity index (χ4v) is 1.83. The maximum atomic E-state index is 5.94. The molecule has 2 aromatic rings. The topological polar surface area (TPSA) is 52.0 Å². The zero-order valence-corrected chi connectivity index (χ0v) is 9.34. The largest absolute Gasteiger partial charge is 0.440 e. The Morgan fingerprint density at radius 1 is 1.47 bits per heavy atom. The maximum absolute atomic E-state index is 5.94. The van der Waals surface area contributed by atoms with E-state index >= 15 is 0 Å². The molecule has 1 aromatic heterocycles. The van der Waals surface area contributed by atoms with E-state index in [0.717, 1.165) is 35.4 Å². The van der Waals surface area contributed by atoms with Gasteiger partial charge in [-0.1, -0.05) is 11.6 Å². The van der Waals surface area contributed by atoms with Gasteiger partial charge in [0, 0.05) is 11.4 Å². The van der Waals surface area contributed by atoms with E-state index in [9.17, 15) is 0 Å². The van der Waals surface area contributed by atoms with Gasteiger partial charge in [-0.15, -0.1) is 0 Å². The molecular weight excluding hydrogens is 212 g/mol. The molecule has 0 bridgehead atoms. The highest BCUT2D eigenvalue weighted by molar-refractivity contribution is 6.31. The molecule has 3 nitrogen and oxygen atoms in total. The first kappa shape index (κ1) is 10.5. The lowest BCUT2D eigenvalue weighted by atomic mass is 10.2. The van der Waals surface area contributed by atoms with Gasteiger partial charge in [-0.3, -0.25) is 0 Å². The normalized spacial score (nSPS) is 11.1. The number of hydrogen-bond donors (Lipinski definition) is 1. The highest BCUT2D eigenvalue weighted by atomic mass is 35.5. The highest BCUT2D eigenvalue weighted by Gasteiger charge is 2.08. The molecule has 80 valence electrons. The third-order valence-corrected chi connectivity index (χ3v) is 2.50. The number of halogens is 1. The molecule has 2 rings (SSSR count). The monoisotopic (exact) mass is 224 g/mol. The van der Waals surface area contributed by atoms with Gasteiger partial charge in [0.05, 0.1) is 0 Å². The Bertz CT molecular complexity index is 479. The van der Waals surface area contributed by atoms with Crippen molar-refractivity contribution in [1.82, 2.24) is 4.98 Å². The van der Waals surface area contributed by atoms with E-state index in [0.29, 0.717) is 11.6 Å². The molecule has 15 heavy (non-hydrogen) atoms. The fourth-order valence-electron chi connectivity index (χ4n) is 1.56. The quantitative estimate of drug-likeness (QED) is 0.872. The summed E-state index contributed by atoms with van der Waals surface area (Å²) in [4.78, 5) is 4.37. The van der Waals surface area contributed by atoms with Crippen LogP contribution in [0.4, 0.5) is 0 Å². The van der Waals surface area contributed by atoms with Crippen molar-refractivity contribution in [2.24, 2.45) is 5.73 Å². The number of fused-ring (bicyclic) bond motifs is 1. The minimum atomic E-state index is 0.651. The molecule has 0 aliphatic rings. The minimum absolute atomic E-state index is 0.651. The molecule has 0 saturated carbocycles. The molecule has 0 spiro atoms. The number of aryl methyl sites for hydroxylation is 2. The second-order valence-electron chi connectivity index (χ2n) is 3.57. The Hall–Kier alpha value is -1.06. The summed E-state index contributed by atoms with van der Waals surface area (Å²) in [6, 6.07) is 3.70. The van der Waals surface area contributed by atoms with Crippen LogP contribution in [0, 0.1) is 6.92 Å². The molecule has 0 unspecified atom stereocenters. The van der Waals surface area contributed by atoms with Gasteiger partial charge in [0.25, 0.3) is 0 Å². The van der Waals surface area contributed by atoms with E-state index in [-0.39, 0.29) is 0 Å². The predicted octanol–water partition coefficient (Wildman–Crippen LogP) is 2.68. The summed E-state index contributed by atoms with van der Waals surface area (Å²) in [5.41, 5.74) is 8.10. The smallest absolute Gasteiger partial charge is 0.195 e. The van der Waals surface area contributed by atoms with Gasteiger partial charge in [-0.25, -0.2) is 4.98 Å². The number of aromatic nitrogens is 1. The maximum Gasteiger partial charge on any atom is 0.195 e. The van der Waals surface area contributed by atoms with Crippen LogP contribution in [0.3, 0.4) is 0 Å². The van der Waals surface area contributed by atoms with Gasteiger partial charge in [-0.2, -0.15) is 0 Å². The van der Waals surface area contributed by atoms with Gasteiger partial charge in [-0.05, 0) is 37.6 Å². The van der Waals surface area contributed by atoms with Gasteiger partial charge < -0.3 is 10.2 Å². The second-order valence-corrected chi connectivity index (χ2v) is 4.01. The predicted molar refractivity (Wildman–Crippen MR) is 61.1 cm³/mol. The molecule has 0 saturated heterocycles. The first-order valence-electron chi connectivity index (χ1n) is 4.96. The number of rotatable bonds is 3. The molecule has 0 aliphatic carbocycles. The third-order valence-electron chi connectivity index (χ3n) is 2.28. The van der Waals surface area contributed by atoms with Crippen molar-refractivity contribution >= 4 is 22.7 Å². The molecule has 2 N–H and O–H groups in total. The summed E-state index contributed by atoms with van der Waals surface area (Å²) in [5, 5.41) is 0.693. The summed E-state index contributed by atoms with van der Waals surface area (Å²) in [6.07, 6.45) is 1.67. The lowest BCUT2D eigenvalue weighted by molar-refractivity contribution is 0.520. The van der Waals surface area contributed by atoms with Crippen LogP contribution >= 0.6 is 11.6 Å². The van der Waals surface area contributed by atoms with Crippen LogP contribution in [-0.2, 0) is 6.42 Å². The molecule has 0 atom stereocenters. The van der Waals surface area contributed by atoms with Gasteiger partial charge in [0.1, 0.15) is 5.52 Å². The summed E-state index contributed by atoms with van der Waals surface area (Å²) >= 11 is 5.94. The number of nitrogens with two attached hydrogens (primary N) is 1. The highest BCUT2D eigenvalue weighted by Crippen LogP contribution is 2.24. The zero-order chi connectivity index (χ0) is 10.8. The number of benzene rings is 1. The molecule has 0 amide bonds. The molecule has 0 aliphatic heterocycles. The molecule has 0 fully saturated rings. The van der Waals surface area contributed by atoms with Gasteiger partial charge >= 0.3 is 0 Å². The Kier molecular flexibility index (Phi) is 2.93. The number of nitrogens with zero attached hydrogens (tertiary/aromatic N) is 1. The third kappa shape index (κ3) is 2.13. The Morgan fingerprint density at radius 2 is 2.27 bits per heavy atom. The van der Waals surface area contributed by atoms with Crippen molar-refractivity contribution in [1.29, 1.82) is 0 Å². The van der Waals surface area contributed by atoms with Crippen LogP contribution in [-0.4, -0.2) is 11.5 Å². The molecule has 1 aromatic carbocycles. The molecule has 4 heteroatoms. The Labute approximate surface area is 93.2 Å². The Balaban J connectivity index is 2.41. The molecular formula is C11H13ClN2O. The SMILES string of the molecule is Cc1cc(Cl)cc2nc(CCCN)oc12. The van der Waals surface area contributed by atoms with Crippen LogP contribution in [0.1, 0.15) is 17.9 Å². The van der Waals surface area contributed by atoms with E-state index in [4.69, 9.17) is 21.8 Å². The summed E-state index contributed by atoms with van der Waals surface area (Å²) in [5.74, 6) is 0.737. The van der Waals surface area contributed by atoms with Crippen LogP contribution in [0.5, 0.6) is 0 Å². The average Bonchev–Trinajstić information content (AvgIpc) is 2.57. The number of oxazole rings is 1. The van der Waals surface area contributed by atoms with E-state index in [1.54, 1.807) is 0 Å². The van der Waals surface area contributed by atoms with Crippen LogP contribution in [0.25, 0.3) is 11.1 Å². The molecule has 1 heterocycles. The first-order chi connectivity index (χ1) is 7.20. The van der Waals surface area contributed by atoms with Gasteiger partial charge in [0.15, 0.2) is 11.5 Å². The van der Waals surface area contributed by atoms with Crippen molar-refractivity contribution in [2.45, 2.75) is 19.8 Å². The summed E-state index contributed by atoms with van der Waals surface area (Å²) < 4.78 is 5.63. The average molecular weight is 225 g/mol. The van der Waals surface area contributed by atoms with Crippen molar-refractivity contribution in [3.05, 3.63) is 28.6 Å². The summed E-state index contributed by atoms with van der Waals surface area (Å²) in [6.45, 7) is 2.62. The minimum Gasteiger partial charge on any atom is -0.440 e. The standard InChI is InChI=1S/C11H13ClN2O/c1-7-5-8(12)6-9-11(7)15-10(14-9)3-2-4-13/h5-6H,2-4,13H2,1H3. The van der Waals surface area contributed by atoms with E-state index < -0.39 is 0 Å². The van der Waals surface area contributed by atoms with E-state index in [2.05, 4.69) is 4.98 Å².